The molecule has 104 valence electrons. The zero-order chi connectivity index (χ0) is 13.7. The van der Waals surface area contributed by atoms with Crippen LogP contribution < -0.4 is 10.1 Å². The third kappa shape index (κ3) is 3.92. The van der Waals surface area contributed by atoms with E-state index in [1.54, 1.807) is 6.20 Å². The topological polar surface area (TPSA) is 54.5 Å². The Hall–Kier alpha value is -1.62. The zero-order valence-electron chi connectivity index (χ0n) is 11.6. The number of hydrogen-bond acceptors (Lipinski definition) is 4. The maximum Gasteiger partial charge on any atom is 0.260 e. The Morgan fingerprint density at radius 1 is 1.42 bits per heavy atom. The molecule has 0 unspecified atom stereocenters. The Kier molecular flexibility index (Phi) is 4.74. The SMILES string of the molecule is CC(C)c1ccc(OCC(=O)N2CCNCC2)cn1. The number of piperazine rings is 1. The summed E-state index contributed by atoms with van der Waals surface area (Å²) in [6.45, 7) is 7.50. The van der Waals surface area contributed by atoms with Gasteiger partial charge in [-0.2, -0.15) is 0 Å². The average Bonchev–Trinajstić information content (AvgIpc) is 2.46. The summed E-state index contributed by atoms with van der Waals surface area (Å²) in [5.74, 6) is 1.08. The lowest BCUT2D eigenvalue weighted by Crippen LogP contribution is -2.47. The van der Waals surface area contributed by atoms with E-state index in [4.69, 9.17) is 4.74 Å². The summed E-state index contributed by atoms with van der Waals surface area (Å²) in [5, 5.41) is 3.22. The van der Waals surface area contributed by atoms with Gasteiger partial charge in [0.1, 0.15) is 5.75 Å². The minimum absolute atomic E-state index is 0.0365. The van der Waals surface area contributed by atoms with Gasteiger partial charge in [-0.1, -0.05) is 13.8 Å². The molecule has 2 heterocycles. The fraction of sp³-hybridized carbons (Fsp3) is 0.571. The van der Waals surface area contributed by atoms with Gasteiger partial charge in [-0.3, -0.25) is 9.78 Å². The standard InChI is InChI=1S/C14H21N3O2/c1-11(2)13-4-3-12(9-16-13)19-10-14(18)17-7-5-15-6-8-17/h3-4,9,11,15H,5-8,10H2,1-2H3. The fourth-order valence-electron chi connectivity index (χ4n) is 1.97. The third-order valence-corrected chi connectivity index (χ3v) is 3.18. The average molecular weight is 263 g/mol. The van der Waals surface area contributed by atoms with Crippen LogP contribution in [0.4, 0.5) is 0 Å². The van der Waals surface area contributed by atoms with Crippen molar-refractivity contribution < 1.29 is 9.53 Å². The summed E-state index contributed by atoms with van der Waals surface area (Å²) < 4.78 is 5.48. The van der Waals surface area contributed by atoms with Crippen LogP contribution in [0.1, 0.15) is 25.5 Å². The van der Waals surface area contributed by atoms with E-state index in [1.165, 1.54) is 0 Å². The van der Waals surface area contributed by atoms with Crippen LogP contribution in [0.15, 0.2) is 18.3 Å². The second-order valence-electron chi connectivity index (χ2n) is 4.99. The fourth-order valence-corrected chi connectivity index (χ4v) is 1.97. The zero-order valence-corrected chi connectivity index (χ0v) is 11.6. The Balaban J connectivity index is 1.82. The van der Waals surface area contributed by atoms with Crippen molar-refractivity contribution in [2.75, 3.05) is 32.8 Å². The highest BCUT2D eigenvalue weighted by atomic mass is 16.5. The summed E-state index contributed by atoms with van der Waals surface area (Å²) in [6.07, 6.45) is 1.68. The summed E-state index contributed by atoms with van der Waals surface area (Å²) in [7, 11) is 0. The molecule has 0 bridgehead atoms. The lowest BCUT2D eigenvalue weighted by molar-refractivity contribution is -0.133. The molecule has 1 aliphatic rings. The van der Waals surface area contributed by atoms with E-state index in [-0.39, 0.29) is 12.5 Å². The number of carbonyl (C=O) groups is 1. The first-order valence-electron chi connectivity index (χ1n) is 6.74. The van der Waals surface area contributed by atoms with Gasteiger partial charge < -0.3 is 15.0 Å². The van der Waals surface area contributed by atoms with Gasteiger partial charge in [0.05, 0.1) is 6.20 Å². The normalized spacial score (nSPS) is 15.6. The van der Waals surface area contributed by atoms with Crippen molar-refractivity contribution in [3.8, 4) is 5.75 Å². The van der Waals surface area contributed by atoms with Gasteiger partial charge in [0.2, 0.25) is 0 Å². The van der Waals surface area contributed by atoms with Gasteiger partial charge in [-0.25, -0.2) is 0 Å². The predicted octanol–water partition coefficient (Wildman–Crippen LogP) is 1.02. The van der Waals surface area contributed by atoms with Crippen LogP contribution in [0.25, 0.3) is 0 Å². The highest BCUT2D eigenvalue weighted by molar-refractivity contribution is 5.77. The molecule has 0 atom stereocenters. The minimum atomic E-state index is 0.0365. The number of nitrogens with zero attached hydrogens (tertiary/aromatic N) is 2. The van der Waals surface area contributed by atoms with Crippen molar-refractivity contribution >= 4 is 5.91 Å². The molecule has 1 aliphatic heterocycles. The first-order valence-corrected chi connectivity index (χ1v) is 6.74. The lowest BCUT2D eigenvalue weighted by Gasteiger charge is -2.27. The van der Waals surface area contributed by atoms with Crippen LogP contribution >= 0.6 is 0 Å². The minimum Gasteiger partial charge on any atom is -0.482 e. The molecule has 1 aromatic rings. The smallest absolute Gasteiger partial charge is 0.260 e. The molecule has 2 rings (SSSR count). The molecule has 0 saturated carbocycles. The van der Waals surface area contributed by atoms with E-state index < -0.39 is 0 Å². The second-order valence-corrected chi connectivity index (χ2v) is 4.99. The second kappa shape index (κ2) is 6.52. The van der Waals surface area contributed by atoms with Crippen LogP contribution in [0, 0.1) is 0 Å². The van der Waals surface area contributed by atoms with Crippen molar-refractivity contribution in [3.05, 3.63) is 24.0 Å². The molecule has 1 saturated heterocycles. The number of amides is 1. The van der Waals surface area contributed by atoms with Crippen molar-refractivity contribution in [1.82, 2.24) is 15.2 Å². The van der Waals surface area contributed by atoms with Gasteiger partial charge in [0.25, 0.3) is 5.91 Å². The largest absolute Gasteiger partial charge is 0.482 e. The van der Waals surface area contributed by atoms with E-state index in [9.17, 15) is 4.79 Å². The third-order valence-electron chi connectivity index (χ3n) is 3.18. The molecular formula is C14H21N3O2. The van der Waals surface area contributed by atoms with E-state index >= 15 is 0 Å². The van der Waals surface area contributed by atoms with Gasteiger partial charge in [0.15, 0.2) is 6.61 Å². The maximum absolute atomic E-state index is 11.9. The van der Waals surface area contributed by atoms with Crippen molar-refractivity contribution in [1.29, 1.82) is 0 Å². The van der Waals surface area contributed by atoms with Gasteiger partial charge in [-0.05, 0) is 18.1 Å². The molecule has 5 nitrogen and oxygen atoms in total. The molecule has 1 amide bonds. The van der Waals surface area contributed by atoms with E-state index in [1.807, 2.05) is 17.0 Å². The Morgan fingerprint density at radius 3 is 2.74 bits per heavy atom. The van der Waals surface area contributed by atoms with Gasteiger partial charge in [0, 0.05) is 31.9 Å². The monoisotopic (exact) mass is 263 g/mol. The van der Waals surface area contributed by atoms with Gasteiger partial charge >= 0.3 is 0 Å². The number of ether oxygens (including phenoxy) is 1. The van der Waals surface area contributed by atoms with Gasteiger partial charge in [-0.15, -0.1) is 0 Å². The summed E-state index contributed by atoms with van der Waals surface area (Å²) in [6, 6.07) is 3.81. The highest BCUT2D eigenvalue weighted by Crippen LogP contribution is 2.15. The number of pyridine rings is 1. The first-order chi connectivity index (χ1) is 9.16. The number of aromatic nitrogens is 1. The van der Waals surface area contributed by atoms with Crippen molar-refractivity contribution in [3.63, 3.8) is 0 Å². The summed E-state index contributed by atoms with van der Waals surface area (Å²) in [5.41, 5.74) is 1.03. The number of nitrogens with one attached hydrogen (secondary N) is 1. The summed E-state index contributed by atoms with van der Waals surface area (Å²) in [4.78, 5) is 18.0. The van der Waals surface area contributed by atoms with Crippen LogP contribution in [0.3, 0.4) is 0 Å². The molecule has 1 N–H and O–H groups in total. The molecule has 19 heavy (non-hydrogen) atoms. The number of carbonyl (C=O) groups excluding carboxylic acids is 1. The van der Waals surface area contributed by atoms with E-state index in [0.717, 1.165) is 31.9 Å². The predicted molar refractivity (Wildman–Crippen MR) is 73.3 cm³/mol. The molecule has 1 fully saturated rings. The molecular weight excluding hydrogens is 242 g/mol. The van der Waals surface area contributed by atoms with Crippen molar-refractivity contribution in [2.45, 2.75) is 19.8 Å². The lowest BCUT2D eigenvalue weighted by atomic mass is 10.1. The Morgan fingerprint density at radius 2 is 2.16 bits per heavy atom. The molecule has 0 aromatic carbocycles. The van der Waals surface area contributed by atoms with E-state index in [2.05, 4.69) is 24.1 Å². The molecule has 0 spiro atoms. The van der Waals surface area contributed by atoms with Crippen LogP contribution in [0.2, 0.25) is 0 Å². The van der Waals surface area contributed by atoms with Crippen LogP contribution in [-0.4, -0.2) is 48.6 Å². The van der Waals surface area contributed by atoms with Crippen molar-refractivity contribution in [2.24, 2.45) is 0 Å². The van der Waals surface area contributed by atoms with E-state index in [0.29, 0.717) is 11.7 Å². The number of hydrogen-bond donors (Lipinski definition) is 1. The Labute approximate surface area is 114 Å². The number of rotatable bonds is 4. The van der Waals surface area contributed by atoms with Crippen LogP contribution in [-0.2, 0) is 4.79 Å². The highest BCUT2D eigenvalue weighted by Gasteiger charge is 2.16. The molecule has 0 aliphatic carbocycles. The maximum atomic E-state index is 11.9. The Bertz CT molecular complexity index is 411. The molecule has 1 aromatic heterocycles. The first kappa shape index (κ1) is 13.8. The summed E-state index contributed by atoms with van der Waals surface area (Å²) >= 11 is 0. The molecule has 5 heteroatoms. The quantitative estimate of drug-likeness (QED) is 0.881. The van der Waals surface area contributed by atoms with Crippen LogP contribution in [0.5, 0.6) is 5.75 Å². The molecule has 0 radical (unpaired) electrons.